The molecule has 0 saturated heterocycles. The Morgan fingerprint density at radius 3 is 2.34 bits per heavy atom. The number of hydrogen-bond donors (Lipinski definition) is 1. The zero-order chi connectivity index (χ0) is 22.6. The Bertz CT molecular complexity index is 1190. The third kappa shape index (κ3) is 4.98. The lowest BCUT2D eigenvalue weighted by atomic mass is 10.2. The van der Waals surface area contributed by atoms with E-state index in [9.17, 15) is 13.2 Å². The van der Waals surface area contributed by atoms with Gasteiger partial charge in [-0.25, -0.2) is 8.42 Å². The van der Waals surface area contributed by atoms with Gasteiger partial charge in [-0.3, -0.25) is 9.10 Å². The minimum atomic E-state index is -3.99. The van der Waals surface area contributed by atoms with Gasteiger partial charge in [0.2, 0.25) is 5.91 Å². The van der Waals surface area contributed by atoms with Crippen molar-refractivity contribution in [1.82, 2.24) is 5.32 Å². The molecule has 1 N–H and O–H groups in total. The van der Waals surface area contributed by atoms with Crippen LogP contribution in [0.3, 0.4) is 0 Å². The summed E-state index contributed by atoms with van der Waals surface area (Å²) in [7, 11) is -3.99. The Balaban J connectivity index is 1.47. The third-order valence-electron chi connectivity index (χ3n) is 4.83. The van der Waals surface area contributed by atoms with Crippen LogP contribution in [-0.2, 0) is 14.8 Å². The highest BCUT2D eigenvalue weighted by molar-refractivity contribution is 7.92. The quantitative estimate of drug-likeness (QED) is 0.569. The fraction of sp³-hybridized carbons (Fsp3) is 0.174. The third-order valence-corrected chi connectivity index (χ3v) is 6.87. The second-order valence-electron chi connectivity index (χ2n) is 7.10. The van der Waals surface area contributed by atoms with Crippen molar-refractivity contribution in [3.63, 3.8) is 0 Å². The highest BCUT2D eigenvalue weighted by atomic mass is 35.5. The number of anilines is 1. The Labute approximate surface area is 191 Å². The summed E-state index contributed by atoms with van der Waals surface area (Å²) in [5.74, 6) is 0.794. The molecule has 1 aliphatic rings. The normalized spacial score (nSPS) is 15.1. The van der Waals surface area contributed by atoms with Crippen LogP contribution in [0.15, 0.2) is 83.8 Å². The van der Waals surface area contributed by atoms with E-state index in [0.29, 0.717) is 22.2 Å². The van der Waals surface area contributed by atoms with Gasteiger partial charge in [-0.05, 0) is 48.5 Å². The lowest BCUT2D eigenvalue weighted by Crippen LogP contribution is -2.45. The Hall–Kier alpha value is -3.23. The maximum Gasteiger partial charge on any atom is 0.264 e. The van der Waals surface area contributed by atoms with Gasteiger partial charge in [0.1, 0.15) is 19.3 Å². The van der Waals surface area contributed by atoms with Crippen molar-refractivity contribution in [2.75, 3.05) is 24.0 Å². The van der Waals surface area contributed by atoms with Crippen LogP contribution in [-0.4, -0.2) is 40.1 Å². The second kappa shape index (κ2) is 9.50. The van der Waals surface area contributed by atoms with Crippen molar-refractivity contribution in [3.05, 3.63) is 83.9 Å². The molecule has 9 heteroatoms. The number of nitrogens with zero attached hydrogens (tertiary/aromatic N) is 1. The molecule has 7 nitrogen and oxygen atoms in total. The molecule has 1 unspecified atom stereocenters. The van der Waals surface area contributed by atoms with Crippen molar-refractivity contribution >= 4 is 33.2 Å². The first-order valence-electron chi connectivity index (χ1n) is 9.92. The van der Waals surface area contributed by atoms with Crippen molar-refractivity contribution < 1.29 is 22.7 Å². The van der Waals surface area contributed by atoms with E-state index in [1.165, 1.54) is 24.3 Å². The Morgan fingerprint density at radius 1 is 0.969 bits per heavy atom. The summed E-state index contributed by atoms with van der Waals surface area (Å²) in [6, 6.07) is 21.6. The molecule has 0 aromatic heterocycles. The Morgan fingerprint density at radius 2 is 1.62 bits per heavy atom. The first kappa shape index (κ1) is 22.0. The van der Waals surface area contributed by atoms with Crippen LogP contribution < -0.4 is 19.1 Å². The summed E-state index contributed by atoms with van der Waals surface area (Å²) >= 11 is 5.89. The molecule has 0 bridgehead atoms. The van der Waals surface area contributed by atoms with Gasteiger partial charge in [0.25, 0.3) is 10.0 Å². The number of ether oxygens (including phenoxy) is 2. The van der Waals surface area contributed by atoms with Gasteiger partial charge in [0.05, 0.1) is 17.1 Å². The van der Waals surface area contributed by atoms with Gasteiger partial charge in [-0.1, -0.05) is 41.9 Å². The monoisotopic (exact) mass is 472 g/mol. The predicted molar refractivity (Wildman–Crippen MR) is 122 cm³/mol. The minimum absolute atomic E-state index is 0.0409. The number of carbonyl (C=O) groups is 1. The van der Waals surface area contributed by atoms with Gasteiger partial charge in [0, 0.05) is 5.02 Å². The van der Waals surface area contributed by atoms with Crippen LogP contribution in [0.4, 0.5) is 5.69 Å². The van der Waals surface area contributed by atoms with Crippen LogP contribution >= 0.6 is 11.6 Å². The van der Waals surface area contributed by atoms with E-state index in [1.54, 1.807) is 36.4 Å². The van der Waals surface area contributed by atoms with E-state index in [4.69, 9.17) is 21.1 Å². The van der Waals surface area contributed by atoms with E-state index in [-0.39, 0.29) is 30.7 Å². The first-order chi connectivity index (χ1) is 15.4. The summed E-state index contributed by atoms with van der Waals surface area (Å²) in [6.45, 7) is 0.0681. The van der Waals surface area contributed by atoms with Crippen LogP contribution in [0.2, 0.25) is 5.02 Å². The molecule has 1 aliphatic heterocycles. The first-order valence-corrected chi connectivity index (χ1v) is 11.7. The molecule has 32 heavy (non-hydrogen) atoms. The van der Waals surface area contributed by atoms with E-state index >= 15 is 0 Å². The van der Waals surface area contributed by atoms with Crippen LogP contribution in [0.25, 0.3) is 0 Å². The van der Waals surface area contributed by atoms with Crippen molar-refractivity contribution in [2.45, 2.75) is 11.0 Å². The zero-order valence-corrected chi connectivity index (χ0v) is 18.6. The maximum absolute atomic E-state index is 13.3. The largest absolute Gasteiger partial charge is 0.486 e. The summed E-state index contributed by atoms with van der Waals surface area (Å²) in [6.07, 6.45) is -0.383. The van der Waals surface area contributed by atoms with Gasteiger partial charge in [-0.2, -0.15) is 0 Å². The average Bonchev–Trinajstić information content (AvgIpc) is 2.82. The number of halogens is 1. The zero-order valence-electron chi connectivity index (χ0n) is 17.0. The molecule has 1 heterocycles. The van der Waals surface area contributed by atoms with E-state index < -0.39 is 15.9 Å². The van der Waals surface area contributed by atoms with Gasteiger partial charge < -0.3 is 14.8 Å². The van der Waals surface area contributed by atoms with Crippen LogP contribution in [0.5, 0.6) is 11.5 Å². The number of rotatable bonds is 7. The number of amides is 1. The lowest BCUT2D eigenvalue weighted by Gasteiger charge is -2.27. The van der Waals surface area contributed by atoms with Crippen molar-refractivity contribution in [2.24, 2.45) is 0 Å². The molecule has 166 valence electrons. The average molecular weight is 473 g/mol. The lowest BCUT2D eigenvalue weighted by molar-refractivity contribution is -0.120. The van der Waals surface area contributed by atoms with Gasteiger partial charge in [-0.15, -0.1) is 0 Å². The smallest absolute Gasteiger partial charge is 0.264 e. The van der Waals surface area contributed by atoms with Gasteiger partial charge >= 0.3 is 0 Å². The molecular formula is C23H21ClN2O5S. The molecule has 3 aromatic rings. The van der Waals surface area contributed by atoms with Crippen LogP contribution in [0, 0.1) is 0 Å². The standard InChI is InChI=1S/C23H21ClN2O5S/c24-17-10-12-20(13-11-17)32(28,29)26(18-6-2-1-3-7-18)15-23(27)25-14-19-16-30-21-8-4-5-9-22(21)31-19/h1-13,19H,14-16H2,(H,25,27). The molecule has 0 spiro atoms. The SMILES string of the molecule is O=C(CN(c1ccccc1)S(=O)(=O)c1ccc(Cl)cc1)NCC1COc2ccccc2O1. The fourth-order valence-corrected chi connectivity index (χ4v) is 4.77. The van der Waals surface area contributed by atoms with Gasteiger partial charge in [0.15, 0.2) is 11.5 Å². The highest BCUT2D eigenvalue weighted by Crippen LogP contribution is 2.30. The molecule has 1 atom stereocenters. The van der Waals surface area contributed by atoms with E-state index in [0.717, 1.165) is 4.31 Å². The predicted octanol–water partition coefficient (Wildman–Crippen LogP) is 3.49. The number of para-hydroxylation sites is 3. The highest BCUT2D eigenvalue weighted by Gasteiger charge is 2.28. The number of benzene rings is 3. The van der Waals surface area contributed by atoms with Crippen LogP contribution in [0.1, 0.15) is 0 Å². The summed E-state index contributed by atoms with van der Waals surface area (Å²) < 4.78 is 39.1. The maximum atomic E-state index is 13.3. The minimum Gasteiger partial charge on any atom is -0.486 e. The van der Waals surface area contributed by atoms with E-state index in [2.05, 4.69) is 5.32 Å². The topological polar surface area (TPSA) is 84.9 Å². The second-order valence-corrected chi connectivity index (χ2v) is 9.40. The number of sulfonamides is 1. The molecule has 3 aromatic carbocycles. The summed E-state index contributed by atoms with van der Waals surface area (Å²) in [5.41, 5.74) is 0.378. The number of carbonyl (C=O) groups excluding carboxylic acids is 1. The summed E-state index contributed by atoms with van der Waals surface area (Å²) in [4.78, 5) is 12.8. The molecular weight excluding hydrogens is 452 g/mol. The summed E-state index contributed by atoms with van der Waals surface area (Å²) in [5, 5.41) is 3.17. The van der Waals surface area contributed by atoms with Crippen molar-refractivity contribution in [3.8, 4) is 11.5 Å². The number of fused-ring (bicyclic) bond motifs is 1. The molecule has 1 amide bonds. The molecule has 4 rings (SSSR count). The van der Waals surface area contributed by atoms with Crippen molar-refractivity contribution in [1.29, 1.82) is 0 Å². The molecule has 0 saturated carbocycles. The number of hydrogen-bond acceptors (Lipinski definition) is 5. The Kier molecular flexibility index (Phi) is 6.53. The molecule has 0 fully saturated rings. The number of nitrogens with one attached hydrogen (secondary N) is 1. The van der Waals surface area contributed by atoms with E-state index in [1.807, 2.05) is 18.2 Å². The fourth-order valence-electron chi connectivity index (χ4n) is 3.22. The molecule has 0 radical (unpaired) electrons. The molecule has 0 aliphatic carbocycles.